The predicted molar refractivity (Wildman–Crippen MR) is 62.5 cm³/mol. The predicted octanol–water partition coefficient (Wildman–Crippen LogP) is 1.19. The Labute approximate surface area is 101 Å². The molecule has 17 heavy (non-hydrogen) atoms. The summed E-state index contributed by atoms with van der Waals surface area (Å²) >= 11 is 0. The number of hydrogen-bond donors (Lipinski definition) is 3. The van der Waals surface area contributed by atoms with E-state index in [1.54, 1.807) is 0 Å². The Morgan fingerprint density at radius 2 is 1.88 bits per heavy atom. The third-order valence-corrected chi connectivity index (χ3v) is 3.92. The molecule has 96 valence electrons. The first-order chi connectivity index (χ1) is 7.99. The molecule has 0 aliphatic heterocycles. The van der Waals surface area contributed by atoms with Crippen molar-refractivity contribution in [1.82, 2.24) is 10.6 Å². The van der Waals surface area contributed by atoms with Crippen LogP contribution < -0.4 is 10.6 Å². The summed E-state index contributed by atoms with van der Waals surface area (Å²) in [6, 6.07) is -0.370. The molecular weight excluding hydrogens is 220 g/mol. The van der Waals surface area contributed by atoms with Crippen molar-refractivity contribution in [2.45, 2.75) is 45.2 Å². The minimum Gasteiger partial charge on any atom is -0.481 e. The minimum absolute atomic E-state index is 0.0665. The average molecular weight is 240 g/mol. The molecule has 5 heteroatoms. The lowest BCUT2D eigenvalue weighted by molar-refractivity contribution is -0.144. The van der Waals surface area contributed by atoms with Gasteiger partial charge in [-0.1, -0.05) is 0 Å². The Morgan fingerprint density at radius 1 is 1.24 bits per heavy atom. The third kappa shape index (κ3) is 2.37. The van der Waals surface area contributed by atoms with E-state index in [-0.39, 0.29) is 24.0 Å². The van der Waals surface area contributed by atoms with Gasteiger partial charge in [0, 0.05) is 12.1 Å². The SMILES string of the molecule is CC(C)NC(=O)NC1C2CCC(C2)C1C(=O)O. The maximum absolute atomic E-state index is 11.6. The molecule has 2 aliphatic rings. The van der Waals surface area contributed by atoms with E-state index in [9.17, 15) is 14.7 Å². The van der Waals surface area contributed by atoms with Gasteiger partial charge in [-0.15, -0.1) is 0 Å². The van der Waals surface area contributed by atoms with Gasteiger partial charge in [-0.05, 0) is 44.9 Å². The molecule has 5 nitrogen and oxygen atoms in total. The van der Waals surface area contributed by atoms with Crippen LogP contribution >= 0.6 is 0 Å². The van der Waals surface area contributed by atoms with E-state index in [0.717, 1.165) is 19.3 Å². The van der Waals surface area contributed by atoms with Crippen LogP contribution in [0.25, 0.3) is 0 Å². The smallest absolute Gasteiger partial charge is 0.315 e. The summed E-state index contributed by atoms with van der Waals surface area (Å²) in [4.78, 5) is 22.9. The summed E-state index contributed by atoms with van der Waals surface area (Å²) in [5.41, 5.74) is 0. The fourth-order valence-corrected chi connectivity index (χ4v) is 3.31. The molecule has 4 atom stereocenters. The first-order valence-corrected chi connectivity index (χ1v) is 6.29. The Kier molecular flexibility index (Phi) is 3.26. The summed E-state index contributed by atoms with van der Waals surface area (Å²) in [5.74, 6) is -0.570. The van der Waals surface area contributed by atoms with Gasteiger partial charge in [-0.2, -0.15) is 0 Å². The number of carboxylic acids is 1. The molecule has 3 N–H and O–H groups in total. The molecule has 2 aliphatic carbocycles. The van der Waals surface area contributed by atoms with E-state index < -0.39 is 11.9 Å². The molecule has 2 bridgehead atoms. The van der Waals surface area contributed by atoms with Crippen LogP contribution in [0.1, 0.15) is 33.1 Å². The molecule has 0 aromatic heterocycles. The first kappa shape index (κ1) is 12.2. The third-order valence-electron chi connectivity index (χ3n) is 3.92. The normalized spacial score (nSPS) is 35.0. The molecule has 2 fully saturated rings. The zero-order chi connectivity index (χ0) is 12.6. The average Bonchev–Trinajstić information content (AvgIpc) is 2.75. The van der Waals surface area contributed by atoms with Crippen molar-refractivity contribution in [3.63, 3.8) is 0 Å². The van der Waals surface area contributed by atoms with Gasteiger partial charge in [0.15, 0.2) is 0 Å². The largest absolute Gasteiger partial charge is 0.481 e. The molecule has 2 rings (SSSR count). The van der Waals surface area contributed by atoms with Crippen LogP contribution in [-0.2, 0) is 4.79 Å². The highest BCUT2D eigenvalue weighted by atomic mass is 16.4. The summed E-state index contributed by atoms with van der Waals surface area (Å²) in [6.45, 7) is 3.77. The van der Waals surface area contributed by atoms with Crippen LogP contribution in [0.5, 0.6) is 0 Å². The maximum Gasteiger partial charge on any atom is 0.315 e. The van der Waals surface area contributed by atoms with Crippen molar-refractivity contribution in [3.8, 4) is 0 Å². The van der Waals surface area contributed by atoms with E-state index in [0.29, 0.717) is 5.92 Å². The Bertz CT molecular complexity index is 330. The van der Waals surface area contributed by atoms with Crippen molar-refractivity contribution in [1.29, 1.82) is 0 Å². The summed E-state index contributed by atoms with van der Waals surface area (Å²) in [7, 11) is 0. The number of carbonyl (C=O) groups excluding carboxylic acids is 1. The van der Waals surface area contributed by atoms with Crippen molar-refractivity contribution < 1.29 is 14.7 Å². The van der Waals surface area contributed by atoms with Crippen molar-refractivity contribution in [3.05, 3.63) is 0 Å². The maximum atomic E-state index is 11.6. The quantitative estimate of drug-likeness (QED) is 0.693. The minimum atomic E-state index is -0.771. The zero-order valence-corrected chi connectivity index (χ0v) is 10.3. The van der Waals surface area contributed by atoms with Crippen LogP contribution in [0.4, 0.5) is 4.79 Å². The second-order valence-corrected chi connectivity index (χ2v) is 5.50. The molecule has 4 unspecified atom stereocenters. The molecule has 0 aromatic carbocycles. The highest BCUT2D eigenvalue weighted by Crippen LogP contribution is 2.48. The lowest BCUT2D eigenvalue weighted by atomic mass is 9.84. The number of carbonyl (C=O) groups is 2. The Morgan fingerprint density at radius 3 is 2.47 bits per heavy atom. The highest BCUT2D eigenvalue weighted by Gasteiger charge is 2.51. The van der Waals surface area contributed by atoms with Crippen molar-refractivity contribution >= 4 is 12.0 Å². The number of nitrogens with one attached hydrogen (secondary N) is 2. The number of rotatable bonds is 3. The second-order valence-electron chi connectivity index (χ2n) is 5.50. The molecular formula is C12H20N2O3. The Hall–Kier alpha value is -1.26. The summed E-state index contributed by atoms with van der Waals surface area (Å²) < 4.78 is 0. The van der Waals surface area contributed by atoms with Crippen LogP contribution in [0.3, 0.4) is 0 Å². The first-order valence-electron chi connectivity index (χ1n) is 6.29. The standard InChI is InChI=1S/C12H20N2O3/c1-6(2)13-12(17)14-10-8-4-3-7(5-8)9(10)11(15)16/h6-10H,3-5H2,1-2H3,(H,15,16)(H2,13,14,17). The molecule has 0 radical (unpaired) electrons. The molecule has 0 aromatic rings. The lowest BCUT2D eigenvalue weighted by Gasteiger charge is -2.29. The molecule has 0 spiro atoms. The van der Waals surface area contributed by atoms with E-state index in [1.165, 1.54) is 0 Å². The van der Waals surface area contributed by atoms with E-state index in [1.807, 2.05) is 13.8 Å². The van der Waals surface area contributed by atoms with Crippen LogP contribution in [0.2, 0.25) is 0 Å². The number of amides is 2. The van der Waals surface area contributed by atoms with Crippen LogP contribution in [0.15, 0.2) is 0 Å². The van der Waals surface area contributed by atoms with Gasteiger partial charge in [0.25, 0.3) is 0 Å². The van der Waals surface area contributed by atoms with Gasteiger partial charge in [0.2, 0.25) is 0 Å². The van der Waals surface area contributed by atoms with E-state index in [4.69, 9.17) is 0 Å². The summed E-state index contributed by atoms with van der Waals surface area (Å²) in [6.07, 6.45) is 2.98. The van der Waals surface area contributed by atoms with E-state index in [2.05, 4.69) is 10.6 Å². The van der Waals surface area contributed by atoms with Crippen molar-refractivity contribution in [2.24, 2.45) is 17.8 Å². The van der Waals surface area contributed by atoms with Gasteiger partial charge < -0.3 is 15.7 Å². The van der Waals surface area contributed by atoms with Gasteiger partial charge >= 0.3 is 12.0 Å². The number of urea groups is 1. The van der Waals surface area contributed by atoms with Crippen molar-refractivity contribution in [2.75, 3.05) is 0 Å². The van der Waals surface area contributed by atoms with E-state index >= 15 is 0 Å². The van der Waals surface area contributed by atoms with Crippen LogP contribution in [-0.4, -0.2) is 29.2 Å². The summed E-state index contributed by atoms with van der Waals surface area (Å²) in [5, 5.41) is 14.8. The topological polar surface area (TPSA) is 78.4 Å². The van der Waals surface area contributed by atoms with Crippen LogP contribution in [0, 0.1) is 17.8 Å². The molecule has 0 heterocycles. The van der Waals surface area contributed by atoms with Gasteiger partial charge in [-0.25, -0.2) is 4.79 Å². The number of fused-ring (bicyclic) bond motifs is 2. The highest BCUT2D eigenvalue weighted by molar-refractivity contribution is 5.77. The second kappa shape index (κ2) is 4.55. The Balaban J connectivity index is 1.99. The number of hydrogen-bond acceptors (Lipinski definition) is 2. The molecule has 2 saturated carbocycles. The number of aliphatic carboxylic acids is 1. The van der Waals surface area contributed by atoms with Gasteiger partial charge in [0.1, 0.15) is 0 Å². The fourth-order valence-electron chi connectivity index (χ4n) is 3.31. The fraction of sp³-hybridized carbons (Fsp3) is 0.833. The lowest BCUT2D eigenvalue weighted by Crippen LogP contribution is -2.51. The molecule has 2 amide bonds. The zero-order valence-electron chi connectivity index (χ0n) is 10.3. The van der Waals surface area contributed by atoms with Gasteiger partial charge in [-0.3, -0.25) is 4.79 Å². The number of carboxylic acid groups (broad SMARTS) is 1. The monoisotopic (exact) mass is 240 g/mol. The molecule has 0 saturated heterocycles. The van der Waals surface area contributed by atoms with Gasteiger partial charge in [0.05, 0.1) is 5.92 Å².